The molecule has 0 amide bonds. The maximum Gasteiger partial charge on any atom is 2.00 e. The zero-order valence-electron chi connectivity index (χ0n) is 33.4. The third kappa shape index (κ3) is 15.6. The van der Waals surface area contributed by atoms with Crippen LogP contribution in [0.1, 0.15) is 140 Å². The smallest absolute Gasteiger partial charge is 0.875 e. The van der Waals surface area contributed by atoms with Crippen molar-refractivity contribution in [3.05, 3.63) is 24.0 Å². The molecule has 2 saturated heterocycles. The first kappa shape index (κ1) is 48.5. The number of ketones is 1. The first-order chi connectivity index (χ1) is 23.2. The molecule has 1 unspecified atom stereocenters. The summed E-state index contributed by atoms with van der Waals surface area (Å²) >= 11 is 0. The van der Waals surface area contributed by atoms with Crippen LogP contribution in [-0.2, 0) is 19.1 Å². The summed E-state index contributed by atoms with van der Waals surface area (Å²) in [6.45, 7) is 19.4. The van der Waals surface area contributed by atoms with Crippen molar-refractivity contribution in [2.24, 2.45) is 41.4 Å². The van der Waals surface area contributed by atoms with Gasteiger partial charge in [-0.2, -0.15) is 0 Å². The van der Waals surface area contributed by atoms with E-state index in [0.29, 0.717) is 25.7 Å². The van der Waals surface area contributed by atoms with Gasteiger partial charge in [0.25, 0.3) is 0 Å². The van der Waals surface area contributed by atoms with Crippen LogP contribution >= 0.6 is 0 Å². The summed E-state index contributed by atoms with van der Waals surface area (Å²) in [6, 6.07) is 0. The van der Waals surface area contributed by atoms with Crippen LogP contribution in [0.25, 0.3) is 0 Å². The Morgan fingerprint density at radius 3 is 2.06 bits per heavy atom. The number of aliphatic hydroxyl groups excluding tert-OH is 3. The van der Waals surface area contributed by atoms with Gasteiger partial charge in [-0.15, -0.1) is 5.76 Å². The number of aliphatic hydroxyl groups is 3. The van der Waals surface area contributed by atoms with Gasteiger partial charge >= 0.3 is 37.7 Å². The largest absolute Gasteiger partial charge is 2.00 e. The van der Waals surface area contributed by atoms with E-state index in [1.54, 1.807) is 6.92 Å². The molecule has 0 aromatic carbocycles. The Kier molecular flexibility index (Phi) is 21.1. The first-order valence-corrected chi connectivity index (χ1v) is 19.4. The molecule has 0 spiro atoms. The zero-order valence-corrected chi connectivity index (χ0v) is 35.6. The second-order valence-corrected chi connectivity index (χ2v) is 17.1. The average molecular weight is 747 g/mol. The molecule has 290 valence electrons. The van der Waals surface area contributed by atoms with E-state index in [2.05, 4.69) is 20.8 Å². The van der Waals surface area contributed by atoms with Crippen molar-refractivity contribution in [1.29, 1.82) is 0 Å². The van der Waals surface area contributed by atoms with Gasteiger partial charge in [-0.3, -0.25) is 4.79 Å². The summed E-state index contributed by atoms with van der Waals surface area (Å²) in [5.74, 6) is -1.73. The average Bonchev–Trinajstić information content (AvgIpc) is 3.63. The molecule has 2 aliphatic heterocycles. The molecule has 0 radical (unpaired) electrons. The van der Waals surface area contributed by atoms with E-state index in [4.69, 9.17) is 9.47 Å². The minimum absolute atomic E-state index is 0. The second kappa shape index (κ2) is 22.1. The van der Waals surface area contributed by atoms with E-state index < -0.39 is 35.5 Å². The summed E-state index contributed by atoms with van der Waals surface area (Å²) in [5.41, 5.74) is -1.02. The topological polar surface area (TPSA) is 159 Å². The Hall–Kier alpha value is -0.520. The number of allylic oxidation sites excluding steroid dienone is 3. The van der Waals surface area contributed by atoms with Gasteiger partial charge in [-0.25, -0.2) is 0 Å². The van der Waals surface area contributed by atoms with Crippen molar-refractivity contribution in [2.45, 2.75) is 182 Å². The van der Waals surface area contributed by atoms with E-state index in [1.807, 2.05) is 53.7 Å². The SMILES string of the molecule is C[C@H](C[C@@H](C)CCC(=O)[O-])C[C@@H](C)C(=O)/C=C(\[O-])[C@@H](C)C[C@@H](C)C/C=C/[C@H](C)[C@H](O)[C@H](C)[C@@H](O)C[C@H]1CC[C@@](C)(C2CC[C@@](C)([C@@H](C)O)O2)O1.[Ca+2]. The van der Waals surface area contributed by atoms with E-state index >= 15 is 0 Å². The second-order valence-electron chi connectivity index (χ2n) is 17.1. The number of carbonyl (C=O) groups excluding carboxylic acids is 2. The number of aliphatic carboxylic acids is 1. The molecule has 9 nitrogen and oxygen atoms in total. The van der Waals surface area contributed by atoms with E-state index in [0.717, 1.165) is 38.5 Å². The Balaban J connectivity index is 0.0000130. The van der Waals surface area contributed by atoms with Gasteiger partial charge in [-0.05, 0) is 121 Å². The van der Waals surface area contributed by atoms with Crippen LogP contribution < -0.4 is 10.2 Å². The van der Waals surface area contributed by atoms with E-state index in [1.165, 1.54) is 6.08 Å². The zero-order chi connectivity index (χ0) is 38.0. The number of hydrogen-bond donors (Lipinski definition) is 3. The van der Waals surface area contributed by atoms with Crippen LogP contribution in [-0.4, -0.2) is 107 Å². The van der Waals surface area contributed by atoms with Crippen LogP contribution in [0.4, 0.5) is 0 Å². The molecule has 3 N–H and O–H groups in total. The molecule has 10 heteroatoms. The fourth-order valence-electron chi connectivity index (χ4n) is 8.00. The fraction of sp³-hybridized carbons (Fsp3) is 0.854. The van der Waals surface area contributed by atoms with Gasteiger partial charge in [0.1, 0.15) is 0 Å². The van der Waals surface area contributed by atoms with Crippen molar-refractivity contribution in [2.75, 3.05) is 0 Å². The normalized spacial score (nSPS) is 30.1. The third-order valence-electron chi connectivity index (χ3n) is 11.9. The maximum atomic E-state index is 12.9. The van der Waals surface area contributed by atoms with Crippen molar-refractivity contribution in [3.63, 3.8) is 0 Å². The summed E-state index contributed by atoms with van der Waals surface area (Å²) in [6.07, 6.45) is 10.2. The number of carbonyl (C=O) groups is 2. The van der Waals surface area contributed by atoms with Crippen LogP contribution in [0.2, 0.25) is 0 Å². The van der Waals surface area contributed by atoms with Crippen LogP contribution in [0.5, 0.6) is 0 Å². The van der Waals surface area contributed by atoms with Gasteiger partial charge in [0.15, 0.2) is 5.78 Å². The van der Waals surface area contributed by atoms with Crippen LogP contribution in [0.3, 0.4) is 0 Å². The Morgan fingerprint density at radius 1 is 0.843 bits per heavy atom. The monoisotopic (exact) mass is 746 g/mol. The molecule has 2 aliphatic rings. The molecule has 2 fully saturated rings. The Morgan fingerprint density at radius 2 is 1.47 bits per heavy atom. The van der Waals surface area contributed by atoms with Crippen LogP contribution in [0, 0.1) is 41.4 Å². The van der Waals surface area contributed by atoms with E-state index in [9.17, 15) is 35.1 Å². The summed E-state index contributed by atoms with van der Waals surface area (Å²) in [4.78, 5) is 23.5. The number of carboxylic acid groups (broad SMARTS) is 1. The molecule has 0 aromatic rings. The molecular formula is C41H70CaO9. The fourth-order valence-corrected chi connectivity index (χ4v) is 8.00. The number of carboxylic acids is 1. The Bertz CT molecular complexity index is 1130. The summed E-state index contributed by atoms with van der Waals surface area (Å²) < 4.78 is 12.7. The third-order valence-corrected chi connectivity index (χ3v) is 11.9. The minimum atomic E-state index is -1.04. The predicted octanol–water partition coefficient (Wildman–Crippen LogP) is 4.89. The molecule has 51 heavy (non-hydrogen) atoms. The van der Waals surface area contributed by atoms with Gasteiger partial charge in [0.05, 0.1) is 41.7 Å². The van der Waals surface area contributed by atoms with Crippen molar-refractivity contribution < 1.29 is 44.6 Å². The van der Waals surface area contributed by atoms with Gasteiger partial charge in [-0.1, -0.05) is 60.6 Å². The molecule has 14 atom stereocenters. The molecule has 2 heterocycles. The molecule has 2 rings (SSSR count). The molecule has 0 aliphatic carbocycles. The maximum absolute atomic E-state index is 12.9. The van der Waals surface area contributed by atoms with Crippen LogP contribution in [0.15, 0.2) is 24.0 Å². The predicted molar refractivity (Wildman–Crippen MR) is 198 cm³/mol. The van der Waals surface area contributed by atoms with Gasteiger partial charge in [0, 0.05) is 23.7 Å². The molecule has 0 bridgehead atoms. The van der Waals surface area contributed by atoms with Gasteiger partial charge in [0.2, 0.25) is 0 Å². The Labute approximate surface area is 339 Å². The number of ether oxygens (including phenoxy) is 2. The summed E-state index contributed by atoms with van der Waals surface area (Å²) in [5, 5.41) is 55.9. The molecular weight excluding hydrogens is 677 g/mol. The van der Waals surface area contributed by atoms with E-state index in [-0.39, 0.29) is 109 Å². The molecule has 0 saturated carbocycles. The number of rotatable bonds is 22. The first-order valence-electron chi connectivity index (χ1n) is 19.4. The van der Waals surface area contributed by atoms with Crippen molar-refractivity contribution >= 4 is 49.5 Å². The summed E-state index contributed by atoms with van der Waals surface area (Å²) in [7, 11) is 0. The van der Waals surface area contributed by atoms with Crippen molar-refractivity contribution in [3.8, 4) is 0 Å². The quantitative estimate of drug-likeness (QED) is 0.0607. The minimum Gasteiger partial charge on any atom is -0.875 e. The van der Waals surface area contributed by atoms with Gasteiger partial charge < -0.3 is 39.8 Å². The van der Waals surface area contributed by atoms with Crippen molar-refractivity contribution in [1.82, 2.24) is 0 Å². The standard InChI is InChI=1S/C41H72O9.Ca/c1-25(21-29(5)34(43)24-35(44)30(6)22-27(3)20-26(2)14-15-38(46)47)12-11-13-28(4)39(48)31(7)36(45)23-33-16-18-41(10,49-33)37-17-19-40(9,50-37)32(8)42;/h11,13,24-33,36-37,39,42-43,45,48H,12,14-23H2,1-10H3,(H,46,47);/q;+2/p-2/b13-11+,34-24-;/t25-,26-,27+,28-,29-,30+,31+,32+,33+,36-,37?,39-,40-,41-;/m0./s1. The number of hydrogen-bond acceptors (Lipinski definition) is 9. The molecule has 0 aromatic heterocycles.